The van der Waals surface area contributed by atoms with Crippen molar-refractivity contribution in [2.24, 2.45) is 0 Å². The van der Waals surface area contributed by atoms with Gasteiger partial charge in [-0.15, -0.1) is 0 Å². The summed E-state index contributed by atoms with van der Waals surface area (Å²) in [6.45, 7) is 3.20. The Labute approximate surface area is 210 Å². The van der Waals surface area contributed by atoms with Crippen molar-refractivity contribution in [3.63, 3.8) is 0 Å². The molecule has 1 aliphatic carbocycles. The van der Waals surface area contributed by atoms with E-state index in [1.54, 1.807) is 6.20 Å². The van der Waals surface area contributed by atoms with Crippen LogP contribution in [0.3, 0.4) is 0 Å². The van der Waals surface area contributed by atoms with Crippen LogP contribution in [0.1, 0.15) is 30.0 Å². The monoisotopic (exact) mass is 491 g/mol. The van der Waals surface area contributed by atoms with Gasteiger partial charge in [-0.3, -0.25) is 14.5 Å². The van der Waals surface area contributed by atoms with Gasteiger partial charge >= 0.3 is 0 Å². The van der Waals surface area contributed by atoms with Crippen LogP contribution in [0.25, 0.3) is 5.69 Å². The van der Waals surface area contributed by atoms with Crippen LogP contribution in [0.15, 0.2) is 65.6 Å². The van der Waals surface area contributed by atoms with Crippen molar-refractivity contribution in [3.05, 3.63) is 87.3 Å². The summed E-state index contributed by atoms with van der Waals surface area (Å²) in [6, 6.07) is 17.9. The fourth-order valence-corrected chi connectivity index (χ4v) is 5.40. The summed E-state index contributed by atoms with van der Waals surface area (Å²) < 4.78 is 1.32. The maximum absolute atomic E-state index is 13.1. The average Bonchev–Trinajstić information content (AvgIpc) is 2.90. The van der Waals surface area contributed by atoms with E-state index in [2.05, 4.69) is 39.2 Å². The van der Waals surface area contributed by atoms with E-state index in [1.165, 1.54) is 15.8 Å². The number of aromatic nitrogens is 2. The van der Waals surface area contributed by atoms with E-state index in [0.717, 1.165) is 32.4 Å². The SMILES string of the molecule is CN(C(=O)CN1CCN(c2cnn(-c3ccccc3)c(=O)c2Cl)CC1)C1CCCc2ccccc21. The molecule has 0 radical (unpaired) electrons. The molecule has 5 rings (SSSR count). The number of fused-ring (bicyclic) bond motifs is 1. The van der Waals surface area contributed by atoms with Crippen molar-refractivity contribution in [1.82, 2.24) is 19.6 Å². The normalized spacial score (nSPS) is 18.2. The van der Waals surface area contributed by atoms with Gasteiger partial charge in [-0.05, 0) is 42.5 Å². The van der Waals surface area contributed by atoms with E-state index >= 15 is 0 Å². The van der Waals surface area contributed by atoms with Crippen molar-refractivity contribution >= 4 is 23.2 Å². The Morgan fingerprint density at radius 1 is 1.06 bits per heavy atom. The van der Waals surface area contributed by atoms with Crippen LogP contribution >= 0.6 is 11.6 Å². The third kappa shape index (κ3) is 4.83. The van der Waals surface area contributed by atoms with Crippen LogP contribution in [-0.2, 0) is 11.2 Å². The lowest BCUT2D eigenvalue weighted by Crippen LogP contribution is -2.50. The van der Waals surface area contributed by atoms with E-state index in [4.69, 9.17) is 11.6 Å². The highest BCUT2D eigenvalue weighted by atomic mass is 35.5. The first kappa shape index (κ1) is 23.6. The zero-order chi connectivity index (χ0) is 24.4. The number of carbonyl (C=O) groups excluding carboxylic acids is 1. The maximum Gasteiger partial charge on any atom is 0.292 e. The first-order chi connectivity index (χ1) is 17.0. The minimum absolute atomic E-state index is 0.144. The maximum atomic E-state index is 13.1. The standard InChI is InChI=1S/C27H30ClN5O2/c1-30(23-13-7-9-20-8-5-6-12-22(20)23)25(34)19-31-14-16-32(17-15-31)24-18-29-33(27(35)26(24)28)21-10-3-2-4-11-21/h2-6,8,10-12,18,23H,7,9,13-17,19H2,1H3. The number of halogens is 1. The zero-order valence-corrected chi connectivity index (χ0v) is 20.7. The predicted molar refractivity (Wildman–Crippen MR) is 138 cm³/mol. The molecule has 0 bridgehead atoms. The third-order valence-corrected chi connectivity index (χ3v) is 7.53. The molecule has 8 heteroatoms. The van der Waals surface area contributed by atoms with E-state index in [-0.39, 0.29) is 22.5 Å². The van der Waals surface area contributed by atoms with E-state index in [9.17, 15) is 9.59 Å². The van der Waals surface area contributed by atoms with Crippen LogP contribution in [0.2, 0.25) is 5.02 Å². The lowest BCUT2D eigenvalue weighted by atomic mass is 9.87. The minimum atomic E-state index is -0.331. The van der Waals surface area contributed by atoms with Crippen molar-refractivity contribution in [1.29, 1.82) is 0 Å². The van der Waals surface area contributed by atoms with Gasteiger partial charge in [0.25, 0.3) is 5.56 Å². The molecular formula is C27H30ClN5O2. The Balaban J connectivity index is 1.21. The first-order valence-corrected chi connectivity index (χ1v) is 12.5. The number of piperazine rings is 1. The van der Waals surface area contributed by atoms with Crippen molar-refractivity contribution in [2.45, 2.75) is 25.3 Å². The Bertz CT molecular complexity index is 1250. The molecule has 1 aromatic heterocycles. The van der Waals surface area contributed by atoms with Gasteiger partial charge in [0.2, 0.25) is 5.91 Å². The number of amides is 1. The first-order valence-electron chi connectivity index (χ1n) is 12.2. The molecule has 0 N–H and O–H groups in total. The van der Waals surface area contributed by atoms with Crippen LogP contribution < -0.4 is 10.5 Å². The number of rotatable bonds is 5. The number of aryl methyl sites for hydroxylation is 1. The van der Waals surface area contributed by atoms with E-state index in [0.29, 0.717) is 31.0 Å². The molecule has 2 aliphatic rings. The Kier molecular flexibility index (Phi) is 6.88. The van der Waals surface area contributed by atoms with Gasteiger partial charge in [-0.1, -0.05) is 54.1 Å². The minimum Gasteiger partial charge on any atom is -0.366 e. The number of hydrogen-bond acceptors (Lipinski definition) is 5. The molecule has 35 heavy (non-hydrogen) atoms. The Hall–Kier alpha value is -3.16. The Morgan fingerprint density at radius 3 is 2.54 bits per heavy atom. The number of anilines is 1. The molecule has 182 valence electrons. The topological polar surface area (TPSA) is 61.7 Å². The smallest absolute Gasteiger partial charge is 0.292 e. The van der Waals surface area contributed by atoms with Crippen LogP contribution in [0, 0.1) is 0 Å². The molecule has 1 fully saturated rings. The highest BCUT2D eigenvalue weighted by Crippen LogP contribution is 2.33. The fraction of sp³-hybridized carbons (Fsp3) is 0.370. The second-order valence-corrected chi connectivity index (χ2v) is 9.65. The number of benzene rings is 2. The third-order valence-electron chi connectivity index (χ3n) is 7.17. The number of hydrogen-bond donors (Lipinski definition) is 0. The van der Waals surface area contributed by atoms with E-state index < -0.39 is 0 Å². The Morgan fingerprint density at radius 2 is 1.77 bits per heavy atom. The summed E-state index contributed by atoms with van der Waals surface area (Å²) in [7, 11) is 1.93. The molecule has 2 heterocycles. The largest absolute Gasteiger partial charge is 0.366 e. The van der Waals surface area contributed by atoms with Crippen molar-refractivity contribution in [2.75, 3.05) is 44.7 Å². The quantitative estimate of drug-likeness (QED) is 0.546. The van der Waals surface area contributed by atoms with Gasteiger partial charge in [0.15, 0.2) is 0 Å². The molecule has 1 aliphatic heterocycles. The van der Waals surface area contributed by atoms with Crippen molar-refractivity contribution < 1.29 is 4.79 Å². The molecular weight excluding hydrogens is 462 g/mol. The van der Waals surface area contributed by atoms with Crippen LogP contribution in [0.4, 0.5) is 5.69 Å². The van der Waals surface area contributed by atoms with Gasteiger partial charge in [0, 0.05) is 33.2 Å². The summed E-state index contributed by atoms with van der Waals surface area (Å²) in [4.78, 5) is 32.2. The summed E-state index contributed by atoms with van der Waals surface area (Å²) in [5, 5.41) is 4.52. The summed E-state index contributed by atoms with van der Waals surface area (Å²) >= 11 is 6.48. The molecule has 1 saturated heterocycles. The lowest BCUT2D eigenvalue weighted by Gasteiger charge is -2.38. The summed E-state index contributed by atoms with van der Waals surface area (Å²) in [5.74, 6) is 0.144. The van der Waals surface area contributed by atoms with Crippen LogP contribution in [-0.4, -0.2) is 65.3 Å². The lowest BCUT2D eigenvalue weighted by molar-refractivity contribution is -0.133. The fourth-order valence-electron chi connectivity index (χ4n) is 5.15. The number of para-hydroxylation sites is 1. The number of likely N-dealkylation sites (N-methyl/N-ethyl adjacent to an activating group) is 1. The molecule has 7 nitrogen and oxygen atoms in total. The molecule has 1 unspecified atom stereocenters. The number of carbonyl (C=O) groups is 1. The van der Waals surface area contributed by atoms with Gasteiger partial charge in [0.05, 0.1) is 30.2 Å². The zero-order valence-electron chi connectivity index (χ0n) is 19.9. The van der Waals surface area contributed by atoms with Gasteiger partial charge < -0.3 is 9.80 Å². The summed E-state index contributed by atoms with van der Waals surface area (Å²) in [6.07, 6.45) is 4.86. The predicted octanol–water partition coefficient (Wildman–Crippen LogP) is 3.54. The second-order valence-electron chi connectivity index (χ2n) is 9.27. The molecule has 0 spiro atoms. The second kappa shape index (κ2) is 10.2. The van der Waals surface area contributed by atoms with Gasteiger partial charge in [-0.25, -0.2) is 0 Å². The van der Waals surface area contributed by atoms with Gasteiger partial charge in [-0.2, -0.15) is 9.78 Å². The van der Waals surface area contributed by atoms with Crippen molar-refractivity contribution in [3.8, 4) is 5.69 Å². The molecule has 2 aromatic carbocycles. The molecule has 1 amide bonds. The highest BCUT2D eigenvalue weighted by molar-refractivity contribution is 6.33. The molecule has 0 saturated carbocycles. The average molecular weight is 492 g/mol. The van der Waals surface area contributed by atoms with Crippen LogP contribution in [0.5, 0.6) is 0 Å². The van der Waals surface area contributed by atoms with E-state index in [1.807, 2.05) is 42.3 Å². The molecule has 1 atom stereocenters. The molecule has 3 aromatic rings. The highest BCUT2D eigenvalue weighted by Gasteiger charge is 2.29. The number of nitrogens with zero attached hydrogens (tertiary/aromatic N) is 5. The van der Waals surface area contributed by atoms with Gasteiger partial charge in [0.1, 0.15) is 5.02 Å². The summed E-state index contributed by atoms with van der Waals surface area (Å²) in [5.41, 5.74) is 3.63.